The van der Waals surface area contributed by atoms with Crippen molar-refractivity contribution in [1.82, 2.24) is 14.7 Å². The monoisotopic (exact) mass is 341 g/mol. The molecule has 4 nitrogen and oxygen atoms in total. The van der Waals surface area contributed by atoms with E-state index in [1.54, 1.807) is 12.1 Å². The number of hydrogen-bond acceptors (Lipinski definition) is 2. The van der Waals surface area contributed by atoms with E-state index in [9.17, 15) is 9.18 Å². The van der Waals surface area contributed by atoms with Gasteiger partial charge in [-0.2, -0.15) is 5.10 Å². The lowest BCUT2D eigenvalue weighted by Gasteiger charge is -2.24. The van der Waals surface area contributed by atoms with Gasteiger partial charge in [0.25, 0.3) is 5.91 Å². The molecule has 1 heterocycles. The van der Waals surface area contributed by atoms with Gasteiger partial charge in [0.05, 0.1) is 5.69 Å². The van der Waals surface area contributed by atoms with Crippen LogP contribution in [0.3, 0.4) is 0 Å². The number of benzene rings is 1. The highest BCUT2D eigenvalue weighted by atomic mass is 19.1. The molecule has 0 bridgehead atoms. The van der Waals surface area contributed by atoms with Crippen LogP contribution in [0.1, 0.15) is 54.9 Å². The third-order valence-electron chi connectivity index (χ3n) is 5.01. The Bertz CT molecular complexity index is 790. The molecular weight excluding hydrogens is 317 g/mol. The van der Waals surface area contributed by atoms with Gasteiger partial charge < -0.3 is 4.90 Å². The van der Waals surface area contributed by atoms with Gasteiger partial charge in [0.1, 0.15) is 5.82 Å². The summed E-state index contributed by atoms with van der Waals surface area (Å²) in [5, 5.41) is 4.67. The van der Waals surface area contributed by atoms with E-state index in [4.69, 9.17) is 0 Å². The van der Waals surface area contributed by atoms with Crippen LogP contribution in [-0.4, -0.2) is 33.2 Å². The van der Waals surface area contributed by atoms with E-state index in [1.807, 2.05) is 9.58 Å². The van der Waals surface area contributed by atoms with E-state index in [0.29, 0.717) is 17.7 Å². The Morgan fingerprint density at radius 2 is 2.00 bits per heavy atom. The van der Waals surface area contributed by atoms with Gasteiger partial charge in [-0.15, -0.1) is 0 Å². The maximum Gasteiger partial charge on any atom is 0.274 e. The Balaban J connectivity index is 1.71. The van der Waals surface area contributed by atoms with Crippen LogP contribution in [0.15, 0.2) is 24.3 Å². The molecular formula is C20H24FN3O. The summed E-state index contributed by atoms with van der Waals surface area (Å²) in [5.74, 6) is 0.243. The van der Waals surface area contributed by atoms with Crippen molar-refractivity contribution in [2.75, 3.05) is 6.54 Å². The van der Waals surface area contributed by atoms with E-state index in [2.05, 4.69) is 18.9 Å². The average molecular weight is 341 g/mol. The molecule has 0 saturated heterocycles. The summed E-state index contributed by atoms with van der Waals surface area (Å²) in [5.41, 5.74) is 3.61. The summed E-state index contributed by atoms with van der Waals surface area (Å²) in [6.45, 7) is 5.07. The number of rotatable bonds is 5. The van der Waals surface area contributed by atoms with Gasteiger partial charge in [-0.25, -0.2) is 9.07 Å². The van der Waals surface area contributed by atoms with Crippen molar-refractivity contribution in [3.8, 4) is 5.69 Å². The number of halogens is 1. The van der Waals surface area contributed by atoms with Gasteiger partial charge in [-0.1, -0.05) is 13.8 Å². The van der Waals surface area contributed by atoms with Crippen molar-refractivity contribution < 1.29 is 9.18 Å². The van der Waals surface area contributed by atoms with Crippen molar-refractivity contribution in [2.45, 2.75) is 52.0 Å². The van der Waals surface area contributed by atoms with Crippen molar-refractivity contribution in [2.24, 2.45) is 5.92 Å². The number of hydrogen-bond donors (Lipinski definition) is 0. The maximum absolute atomic E-state index is 13.2. The lowest BCUT2D eigenvalue weighted by Crippen LogP contribution is -2.36. The predicted molar refractivity (Wildman–Crippen MR) is 94.4 cm³/mol. The van der Waals surface area contributed by atoms with Gasteiger partial charge in [0.15, 0.2) is 5.69 Å². The third-order valence-corrected chi connectivity index (χ3v) is 5.01. The van der Waals surface area contributed by atoms with Crippen LogP contribution in [0.4, 0.5) is 4.39 Å². The second-order valence-corrected chi connectivity index (χ2v) is 7.60. The molecule has 25 heavy (non-hydrogen) atoms. The second-order valence-electron chi connectivity index (χ2n) is 7.60. The summed E-state index contributed by atoms with van der Waals surface area (Å²) in [4.78, 5) is 15.2. The quantitative estimate of drug-likeness (QED) is 0.830. The number of carbonyl (C=O) groups is 1. The molecule has 132 valence electrons. The molecule has 1 fully saturated rings. The van der Waals surface area contributed by atoms with Crippen molar-refractivity contribution in [1.29, 1.82) is 0 Å². The zero-order valence-corrected chi connectivity index (χ0v) is 14.8. The van der Waals surface area contributed by atoms with Gasteiger partial charge in [-0.05, 0) is 62.3 Å². The molecule has 1 saturated carbocycles. The molecule has 1 amide bonds. The van der Waals surface area contributed by atoms with Crippen LogP contribution in [0.2, 0.25) is 0 Å². The van der Waals surface area contributed by atoms with Gasteiger partial charge in [0.2, 0.25) is 0 Å². The molecule has 4 rings (SSSR count). The van der Waals surface area contributed by atoms with Crippen molar-refractivity contribution >= 4 is 5.91 Å². The summed E-state index contributed by atoms with van der Waals surface area (Å²) in [6.07, 6.45) is 5.05. The molecule has 0 unspecified atom stereocenters. The molecule has 2 aromatic rings. The zero-order chi connectivity index (χ0) is 17.6. The third kappa shape index (κ3) is 3.08. The highest BCUT2D eigenvalue weighted by Gasteiger charge is 2.37. The molecule has 1 aromatic heterocycles. The first kappa shape index (κ1) is 16.3. The molecule has 1 aromatic carbocycles. The van der Waals surface area contributed by atoms with Gasteiger partial charge >= 0.3 is 0 Å². The zero-order valence-electron chi connectivity index (χ0n) is 14.8. The summed E-state index contributed by atoms with van der Waals surface area (Å²) < 4.78 is 15.1. The fourth-order valence-corrected chi connectivity index (χ4v) is 3.72. The second kappa shape index (κ2) is 6.28. The van der Waals surface area contributed by atoms with Crippen molar-refractivity contribution in [3.05, 3.63) is 47.0 Å². The average Bonchev–Trinajstić information content (AvgIpc) is 3.19. The Morgan fingerprint density at radius 1 is 1.28 bits per heavy atom. The Morgan fingerprint density at radius 3 is 2.64 bits per heavy atom. The smallest absolute Gasteiger partial charge is 0.274 e. The standard InChI is InChI=1S/C20H24FN3O/c1-13(2)12-23(15-10-11-15)20(25)19-17-4-3-5-18(17)24(22-19)16-8-6-14(21)7-9-16/h6-9,13,15H,3-5,10-12H2,1-2H3. The number of nitrogens with zero attached hydrogens (tertiary/aromatic N) is 3. The molecule has 0 radical (unpaired) electrons. The highest BCUT2D eigenvalue weighted by Crippen LogP contribution is 2.33. The normalized spacial score (nSPS) is 16.3. The minimum absolute atomic E-state index is 0.0650. The largest absolute Gasteiger partial charge is 0.334 e. The fourth-order valence-electron chi connectivity index (χ4n) is 3.72. The van der Waals surface area contributed by atoms with Crippen LogP contribution >= 0.6 is 0 Å². The number of carbonyl (C=O) groups excluding carboxylic acids is 1. The fraction of sp³-hybridized carbons (Fsp3) is 0.500. The van der Waals surface area contributed by atoms with E-state index >= 15 is 0 Å². The Kier molecular flexibility index (Phi) is 4.10. The topological polar surface area (TPSA) is 38.1 Å². The summed E-state index contributed by atoms with van der Waals surface area (Å²) >= 11 is 0. The molecule has 0 aliphatic heterocycles. The van der Waals surface area contributed by atoms with Gasteiger partial charge in [-0.3, -0.25) is 4.79 Å². The van der Waals surface area contributed by atoms with Crippen molar-refractivity contribution in [3.63, 3.8) is 0 Å². The lowest BCUT2D eigenvalue weighted by atomic mass is 10.1. The summed E-state index contributed by atoms with van der Waals surface area (Å²) in [6, 6.07) is 6.71. The van der Waals surface area contributed by atoms with Crippen LogP contribution in [-0.2, 0) is 12.8 Å². The highest BCUT2D eigenvalue weighted by molar-refractivity contribution is 5.94. The van der Waals surface area contributed by atoms with E-state index in [1.165, 1.54) is 12.1 Å². The van der Waals surface area contributed by atoms with E-state index in [0.717, 1.165) is 55.6 Å². The lowest BCUT2D eigenvalue weighted by molar-refractivity contribution is 0.0715. The molecule has 0 N–H and O–H groups in total. The predicted octanol–water partition coefficient (Wildman–Crippen LogP) is 3.76. The van der Waals surface area contributed by atoms with Crippen LogP contribution < -0.4 is 0 Å². The number of fused-ring (bicyclic) bond motifs is 1. The molecule has 0 atom stereocenters. The molecule has 2 aliphatic carbocycles. The Labute approximate surface area is 147 Å². The van der Waals surface area contributed by atoms with Crippen LogP contribution in [0.5, 0.6) is 0 Å². The van der Waals surface area contributed by atoms with Crippen LogP contribution in [0.25, 0.3) is 5.69 Å². The Hall–Kier alpha value is -2.17. The molecule has 0 spiro atoms. The summed E-state index contributed by atoms with van der Waals surface area (Å²) in [7, 11) is 0. The van der Waals surface area contributed by atoms with E-state index < -0.39 is 0 Å². The number of amides is 1. The first-order chi connectivity index (χ1) is 12.0. The minimum atomic E-state index is -0.263. The molecule has 2 aliphatic rings. The number of aromatic nitrogens is 2. The SMILES string of the molecule is CC(C)CN(C(=O)c1nn(-c2ccc(F)cc2)c2c1CCC2)C1CC1. The van der Waals surface area contributed by atoms with E-state index in [-0.39, 0.29) is 11.7 Å². The minimum Gasteiger partial charge on any atom is -0.334 e. The first-order valence-corrected chi connectivity index (χ1v) is 9.22. The maximum atomic E-state index is 13.2. The first-order valence-electron chi connectivity index (χ1n) is 9.22. The van der Waals surface area contributed by atoms with Crippen LogP contribution in [0, 0.1) is 11.7 Å². The molecule has 5 heteroatoms. The van der Waals surface area contributed by atoms with Gasteiger partial charge in [0, 0.05) is 23.8 Å².